The van der Waals surface area contributed by atoms with E-state index in [4.69, 9.17) is 9.84 Å². The molecular formula is C32H24N4O3S. The van der Waals surface area contributed by atoms with Crippen molar-refractivity contribution in [3.63, 3.8) is 0 Å². The molecule has 1 aromatic heterocycles. The highest BCUT2D eigenvalue weighted by molar-refractivity contribution is 7.17. The summed E-state index contributed by atoms with van der Waals surface area (Å²) in [4.78, 5) is 22.0. The zero-order valence-corrected chi connectivity index (χ0v) is 22.6. The molecule has 2 aliphatic rings. The van der Waals surface area contributed by atoms with Crippen LogP contribution in [0.1, 0.15) is 34.0 Å². The van der Waals surface area contributed by atoms with E-state index in [2.05, 4.69) is 40.3 Å². The Morgan fingerprint density at radius 1 is 0.975 bits per heavy atom. The molecule has 0 aliphatic carbocycles. The number of aromatic nitrogens is 1. The van der Waals surface area contributed by atoms with Crippen LogP contribution in [0.5, 0.6) is 11.6 Å². The second-order valence-electron chi connectivity index (χ2n) is 9.91. The first-order valence-electron chi connectivity index (χ1n) is 12.9. The van der Waals surface area contributed by atoms with E-state index in [0.29, 0.717) is 32.6 Å². The highest BCUT2D eigenvalue weighted by Gasteiger charge is 2.34. The van der Waals surface area contributed by atoms with Gasteiger partial charge >= 0.3 is 0 Å². The summed E-state index contributed by atoms with van der Waals surface area (Å²) in [7, 11) is 1.64. The van der Waals surface area contributed by atoms with Crippen LogP contribution in [0.25, 0.3) is 16.3 Å². The fourth-order valence-electron chi connectivity index (χ4n) is 5.33. The van der Waals surface area contributed by atoms with Gasteiger partial charge in [0.15, 0.2) is 0 Å². The fraction of sp³-hybridized carbons (Fsp3) is 0.125. The Labute approximate surface area is 234 Å². The van der Waals surface area contributed by atoms with Crippen molar-refractivity contribution in [2.24, 2.45) is 10.1 Å². The molecule has 3 heterocycles. The van der Waals surface area contributed by atoms with Gasteiger partial charge in [-0.25, -0.2) is 10.0 Å². The minimum atomic E-state index is -0.375. The summed E-state index contributed by atoms with van der Waals surface area (Å²) < 4.78 is 5.37. The molecular weight excluding hydrogens is 520 g/mol. The molecule has 0 bridgehead atoms. The van der Waals surface area contributed by atoms with Gasteiger partial charge in [0.2, 0.25) is 11.0 Å². The summed E-state index contributed by atoms with van der Waals surface area (Å²) in [6.45, 7) is 1.96. The summed E-state index contributed by atoms with van der Waals surface area (Å²) in [5.74, 6) is 0.197. The number of aromatic hydroxyl groups is 1. The number of carbonyl (C=O) groups excluding carboxylic acids is 1. The number of anilines is 1. The molecule has 7 rings (SSSR count). The number of methoxy groups -OCH3 is 1. The molecule has 4 aromatic carbocycles. The first-order valence-corrected chi connectivity index (χ1v) is 13.7. The number of thiazole rings is 1. The van der Waals surface area contributed by atoms with Crippen LogP contribution in [0.2, 0.25) is 0 Å². The number of fused-ring (bicyclic) bond motifs is 2. The number of benzene rings is 4. The lowest BCUT2D eigenvalue weighted by atomic mass is 9.97. The average Bonchev–Trinajstić information content (AvgIpc) is 3.67. The SMILES string of the molecule is COc1ccc(C2CC(c3ccc4ccccc4c3)=NN2c2nc(O)c(C3=c4cc(C)ccc4=NC3=O)s2)cc1. The van der Waals surface area contributed by atoms with Gasteiger partial charge < -0.3 is 9.84 Å². The number of amides is 1. The monoisotopic (exact) mass is 544 g/mol. The molecule has 0 saturated heterocycles. The highest BCUT2D eigenvalue weighted by Crippen LogP contribution is 2.43. The third-order valence-corrected chi connectivity index (χ3v) is 8.42. The van der Waals surface area contributed by atoms with Crippen molar-refractivity contribution >= 4 is 44.4 Å². The molecule has 40 heavy (non-hydrogen) atoms. The maximum atomic E-state index is 12.9. The van der Waals surface area contributed by atoms with Crippen molar-refractivity contribution < 1.29 is 14.6 Å². The maximum Gasteiger partial charge on any atom is 0.279 e. The minimum Gasteiger partial charge on any atom is -0.497 e. The van der Waals surface area contributed by atoms with Crippen LogP contribution in [0, 0.1) is 6.92 Å². The third-order valence-electron chi connectivity index (χ3n) is 7.37. The zero-order chi connectivity index (χ0) is 27.4. The molecule has 7 nitrogen and oxygen atoms in total. The Morgan fingerprint density at radius 2 is 1.77 bits per heavy atom. The van der Waals surface area contributed by atoms with Gasteiger partial charge in [0.1, 0.15) is 10.6 Å². The predicted molar refractivity (Wildman–Crippen MR) is 157 cm³/mol. The standard InChI is InChI=1S/C32H24N4O3S/c1-18-7-14-25-24(15-18)28(30(37)33-25)29-31(38)34-32(40-29)36-27(20-10-12-23(39-2)13-11-20)17-26(35-36)22-9-8-19-5-3-4-6-21(19)16-22/h3-16,27,38H,17H2,1-2H3. The Bertz CT molecular complexity index is 1980. The summed E-state index contributed by atoms with van der Waals surface area (Å²) >= 11 is 1.25. The molecule has 1 atom stereocenters. The van der Waals surface area contributed by atoms with Crippen molar-refractivity contribution in [3.05, 3.63) is 117 Å². The van der Waals surface area contributed by atoms with E-state index in [0.717, 1.165) is 33.5 Å². The van der Waals surface area contributed by atoms with Gasteiger partial charge in [0, 0.05) is 11.6 Å². The van der Waals surface area contributed by atoms with E-state index in [1.54, 1.807) is 7.11 Å². The largest absolute Gasteiger partial charge is 0.497 e. The normalized spacial score (nSPS) is 16.3. The molecule has 2 aliphatic heterocycles. The highest BCUT2D eigenvalue weighted by atomic mass is 32.1. The summed E-state index contributed by atoms with van der Waals surface area (Å²) in [6, 6.07) is 28.0. The summed E-state index contributed by atoms with van der Waals surface area (Å²) in [5, 5.41) is 22.0. The summed E-state index contributed by atoms with van der Waals surface area (Å²) in [5.41, 5.74) is 4.37. The van der Waals surface area contributed by atoms with Crippen LogP contribution in [-0.4, -0.2) is 28.8 Å². The molecule has 1 amide bonds. The van der Waals surface area contributed by atoms with Crippen LogP contribution in [-0.2, 0) is 4.79 Å². The quantitative estimate of drug-likeness (QED) is 0.335. The van der Waals surface area contributed by atoms with Crippen molar-refractivity contribution in [3.8, 4) is 11.6 Å². The Kier molecular flexibility index (Phi) is 5.71. The van der Waals surface area contributed by atoms with Crippen LogP contribution >= 0.6 is 11.3 Å². The molecule has 8 heteroatoms. The fourth-order valence-corrected chi connectivity index (χ4v) is 6.34. The molecule has 1 unspecified atom stereocenters. The molecule has 5 aromatic rings. The summed E-state index contributed by atoms with van der Waals surface area (Å²) in [6.07, 6.45) is 0.646. The second-order valence-corrected chi connectivity index (χ2v) is 10.9. The lowest BCUT2D eigenvalue weighted by molar-refractivity contribution is -0.112. The number of ether oxygens (including phenoxy) is 1. The van der Waals surface area contributed by atoms with Gasteiger partial charge in [0.25, 0.3) is 5.91 Å². The van der Waals surface area contributed by atoms with Gasteiger partial charge in [0.05, 0.1) is 29.8 Å². The van der Waals surface area contributed by atoms with Crippen molar-refractivity contribution in [1.82, 2.24) is 4.98 Å². The van der Waals surface area contributed by atoms with E-state index in [1.807, 2.05) is 66.5 Å². The van der Waals surface area contributed by atoms with E-state index in [-0.39, 0.29) is 17.8 Å². The molecule has 0 fully saturated rings. The number of nitrogens with zero attached hydrogens (tertiary/aromatic N) is 4. The van der Waals surface area contributed by atoms with Crippen LogP contribution in [0.4, 0.5) is 5.13 Å². The number of hydrogen-bond donors (Lipinski definition) is 1. The molecule has 0 saturated carbocycles. The van der Waals surface area contributed by atoms with Crippen LogP contribution < -0.4 is 20.3 Å². The number of hydrogen-bond acceptors (Lipinski definition) is 7. The van der Waals surface area contributed by atoms with E-state index in [9.17, 15) is 9.90 Å². The van der Waals surface area contributed by atoms with Crippen molar-refractivity contribution in [2.45, 2.75) is 19.4 Å². The lowest BCUT2D eigenvalue weighted by Crippen LogP contribution is -2.23. The minimum absolute atomic E-state index is 0.158. The maximum absolute atomic E-state index is 12.9. The van der Waals surface area contributed by atoms with E-state index >= 15 is 0 Å². The van der Waals surface area contributed by atoms with Gasteiger partial charge in [-0.15, -0.1) is 0 Å². The van der Waals surface area contributed by atoms with Crippen molar-refractivity contribution in [1.29, 1.82) is 0 Å². The average molecular weight is 545 g/mol. The van der Waals surface area contributed by atoms with Gasteiger partial charge in [-0.3, -0.25) is 4.79 Å². The molecule has 0 spiro atoms. The zero-order valence-electron chi connectivity index (χ0n) is 21.8. The van der Waals surface area contributed by atoms with Gasteiger partial charge in [-0.05, 0) is 59.2 Å². The van der Waals surface area contributed by atoms with Crippen molar-refractivity contribution in [2.75, 3.05) is 12.1 Å². The Balaban J connectivity index is 1.34. The second kappa shape index (κ2) is 9.43. The van der Waals surface area contributed by atoms with E-state index in [1.165, 1.54) is 16.7 Å². The predicted octanol–water partition coefficient (Wildman–Crippen LogP) is 5.03. The number of aryl methyl sites for hydroxylation is 1. The molecule has 0 radical (unpaired) electrons. The smallest absolute Gasteiger partial charge is 0.279 e. The molecule has 196 valence electrons. The topological polar surface area (TPSA) is 87.4 Å². The Hall–Kier alpha value is -4.82. The lowest BCUT2D eigenvalue weighted by Gasteiger charge is -2.21. The third kappa shape index (κ3) is 4.04. The van der Waals surface area contributed by atoms with Crippen LogP contribution in [0.3, 0.4) is 0 Å². The molecule has 1 N–H and O–H groups in total. The van der Waals surface area contributed by atoms with E-state index < -0.39 is 0 Å². The number of rotatable bonds is 5. The van der Waals surface area contributed by atoms with Crippen LogP contribution in [0.15, 0.2) is 95.0 Å². The number of carbonyl (C=O) groups is 1. The first kappa shape index (κ1) is 24.2. The Morgan fingerprint density at radius 3 is 2.58 bits per heavy atom. The van der Waals surface area contributed by atoms with Gasteiger partial charge in [-0.1, -0.05) is 71.5 Å². The first-order chi connectivity index (χ1) is 19.5. The number of hydrazone groups is 1. The van der Waals surface area contributed by atoms with Gasteiger partial charge in [-0.2, -0.15) is 10.1 Å².